The number of nitrogens with zero attached hydrogens (tertiary/aromatic N) is 3. The highest BCUT2D eigenvalue weighted by Gasteiger charge is 2.02. The van der Waals surface area contributed by atoms with Crippen molar-refractivity contribution in [2.45, 2.75) is 39.5 Å². The van der Waals surface area contributed by atoms with Crippen molar-refractivity contribution in [3.8, 4) is 0 Å². The number of pyridine rings is 2. The molecule has 2 heterocycles. The Morgan fingerprint density at radius 2 is 1.19 bits per heavy atom. The van der Waals surface area contributed by atoms with Crippen molar-refractivity contribution >= 4 is 12.5 Å². The molecule has 2 aromatic carbocycles. The Morgan fingerprint density at radius 3 is 1.78 bits per heavy atom. The van der Waals surface area contributed by atoms with Crippen molar-refractivity contribution in [3.05, 3.63) is 130 Å². The van der Waals surface area contributed by atoms with Crippen LogP contribution in [-0.4, -0.2) is 22.5 Å². The van der Waals surface area contributed by atoms with Crippen LogP contribution in [0.2, 0.25) is 0 Å². The molecule has 4 aromatic rings. The highest BCUT2D eigenvalue weighted by molar-refractivity contribution is 5.79. The number of hydrogen-bond donors (Lipinski definition) is 1. The fraction of sp³-hybridized carbons (Fsp3) is 0.200. The first-order chi connectivity index (χ1) is 18.2. The maximum absolute atomic E-state index is 10.8. The highest BCUT2D eigenvalue weighted by atomic mass is 16.5. The number of nitrogens with two attached hydrogens (primary N) is 1. The Labute approximate surface area is 217 Å². The summed E-state index contributed by atoms with van der Waals surface area (Å²) in [4.78, 5) is 24.1. The number of aldehydes is 1. The summed E-state index contributed by atoms with van der Waals surface area (Å²) in [6.45, 7) is 2.96. The van der Waals surface area contributed by atoms with Gasteiger partial charge in [-0.3, -0.25) is 14.8 Å². The molecule has 0 radical (unpaired) electrons. The maximum Gasteiger partial charge on any atom is 0.168 e. The van der Waals surface area contributed by atoms with E-state index < -0.39 is 0 Å². The monoisotopic (exact) mass is 494 g/mol. The van der Waals surface area contributed by atoms with Gasteiger partial charge in [0, 0.05) is 12.8 Å². The average molecular weight is 495 g/mol. The molecule has 188 valence electrons. The van der Waals surface area contributed by atoms with Gasteiger partial charge in [-0.2, -0.15) is 0 Å². The summed E-state index contributed by atoms with van der Waals surface area (Å²) in [7, 11) is 0. The van der Waals surface area contributed by atoms with Crippen molar-refractivity contribution < 1.29 is 14.3 Å². The molecule has 0 spiro atoms. The number of rotatable bonds is 13. The van der Waals surface area contributed by atoms with E-state index in [1.807, 2.05) is 72.8 Å². The molecule has 0 amide bonds. The van der Waals surface area contributed by atoms with E-state index in [0.717, 1.165) is 39.9 Å². The Balaban J connectivity index is 1.19. The van der Waals surface area contributed by atoms with Gasteiger partial charge >= 0.3 is 0 Å². The van der Waals surface area contributed by atoms with Crippen molar-refractivity contribution in [2.75, 3.05) is 0 Å². The predicted molar refractivity (Wildman–Crippen MR) is 143 cm³/mol. The lowest BCUT2D eigenvalue weighted by Crippen LogP contribution is -2.02. The molecule has 0 aliphatic carbocycles. The molecule has 0 unspecified atom stereocenters. The second kappa shape index (κ2) is 13.9. The lowest BCUT2D eigenvalue weighted by molar-refractivity contribution is 0.0980. The molecule has 37 heavy (non-hydrogen) atoms. The predicted octanol–water partition coefficient (Wildman–Crippen LogP) is 4.80. The van der Waals surface area contributed by atoms with E-state index >= 15 is 0 Å². The van der Waals surface area contributed by atoms with E-state index in [0.29, 0.717) is 50.9 Å². The molecular weight excluding hydrogens is 464 g/mol. The molecule has 2 aromatic heterocycles. The third-order valence-corrected chi connectivity index (χ3v) is 5.59. The number of carbonyl (C=O) groups excluding carboxylic acids is 1. The van der Waals surface area contributed by atoms with Crippen LogP contribution in [0.15, 0.2) is 89.9 Å². The molecule has 0 saturated carbocycles. The molecule has 2 N–H and O–H groups in total. The van der Waals surface area contributed by atoms with Crippen LogP contribution in [0.5, 0.6) is 0 Å². The van der Waals surface area contributed by atoms with Crippen LogP contribution in [0.25, 0.3) is 0 Å². The SMILES string of the molecule is NCc1ccc(COCc2cccc(COCc3ccc(C/N=C/c4cccc(C=O)n4)cc3)n2)cc1. The van der Waals surface area contributed by atoms with Gasteiger partial charge in [0.25, 0.3) is 0 Å². The minimum absolute atomic E-state index is 0.397. The maximum atomic E-state index is 10.8. The number of benzene rings is 2. The lowest BCUT2D eigenvalue weighted by atomic mass is 10.1. The van der Waals surface area contributed by atoms with E-state index in [9.17, 15) is 4.79 Å². The first-order valence-electron chi connectivity index (χ1n) is 12.1. The molecule has 0 saturated heterocycles. The van der Waals surface area contributed by atoms with Gasteiger partial charge in [0.2, 0.25) is 0 Å². The molecule has 0 bridgehead atoms. The van der Waals surface area contributed by atoms with Gasteiger partial charge in [-0.15, -0.1) is 0 Å². The van der Waals surface area contributed by atoms with E-state index in [1.165, 1.54) is 0 Å². The summed E-state index contributed by atoms with van der Waals surface area (Å²) in [5, 5.41) is 0. The van der Waals surface area contributed by atoms with E-state index in [2.05, 4.69) is 15.0 Å². The highest BCUT2D eigenvalue weighted by Crippen LogP contribution is 2.11. The molecule has 7 heteroatoms. The number of hydrogen-bond acceptors (Lipinski definition) is 7. The van der Waals surface area contributed by atoms with Gasteiger partial charge in [-0.25, -0.2) is 4.98 Å². The molecule has 0 fully saturated rings. The van der Waals surface area contributed by atoms with Crippen molar-refractivity contribution in [1.29, 1.82) is 0 Å². The first kappa shape index (κ1) is 26.0. The summed E-state index contributed by atoms with van der Waals surface area (Å²) in [5.41, 5.74) is 12.8. The molecule has 7 nitrogen and oxygen atoms in total. The third kappa shape index (κ3) is 8.54. The van der Waals surface area contributed by atoms with Gasteiger partial charge in [-0.1, -0.05) is 60.7 Å². The van der Waals surface area contributed by atoms with E-state index in [4.69, 9.17) is 15.2 Å². The smallest absolute Gasteiger partial charge is 0.168 e. The third-order valence-electron chi connectivity index (χ3n) is 5.59. The van der Waals surface area contributed by atoms with Crippen molar-refractivity contribution in [1.82, 2.24) is 9.97 Å². The lowest BCUT2D eigenvalue weighted by Gasteiger charge is -2.08. The molecule has 4 rings (SSSR count). The second-order valence-corrected chi connectivity index (χ2v) is 8.52. The fourth-order valence-corrected chi connectivity index (χ4v) is 3.60. The van der Waals surface area contributed by atoms with Crippen LogP contribution < -0.4 is 5.73 Å². The van der Waals surface area contributed by atoms with Crippen LogP contribution in [0.3, 0.4) is 0 Å². The van der Waals surface area contributed by atoms with Crippen molar-refractivity contribution in [2.24, 2.45) is 10.7 Å². The van der Waals surface area contributed by atoms with Gasteiger partial charge < -0.3 is 15.2 Å². The average Bonchev–Trinajstić information content (AvgIpc) is 2.95. The van der Waals surface area contributed by atoms with Crippen LogP contribution in [-0.2, 0) is 49.0 Å². The van der Waals surface area contributed by atoms with Crippen LogP contribution in [0, 0.1) is 0 Å². The number of aromatic nitrogens is 2. The second-order valence-electron chi connectivity index (χ2n) is 8.52. The minimum Gasteiger partial charge on any atom is -0.370 e. The molecule has 0 aliphatic heterocycles. The Kier molecular flexibility index (Phi) is 9.77. The Bertz CT molecular complexity index is 1310. The molecular formula is C30H30N4O3. The zero-order valence-electron chi connectivity index (χ0n) is 20.6. The summed E-state index contributed by atoms with van der Waals surface area (Å²) in [6.07, 6.45) is 2.40. The topological polar surface area (TPSA) is 99.7 Å². The van der Waals surface area contributed by atoms with Gasteiger partial charge in [0.1, 0.15) is 5.69 Å². The standard InChI is InChI=1S/C30H30N4O3/c31-15-23-7-11-25(12-8-23)19-36-21-29-5-2-6-30(34-29)22-37-20-26-13-9-24(10-14-26)16-32-17-27-3-1-4-28(18-35)33-27/h1-14,17-18H,15-16,19-22,31H2/b32-17+. The summed E-state index contributed by atoms with van der Waals surface area (Å²) < 4.78 is 11.7. The Hall–Kier alpha value is -4.04. The largest absolute Gasteiger partial charge is 0.370 e. The van der Waals surface area contributed by atoms with Crippen LogP contribution >= 0.6 is 0 Å². The normalized spacial score (nSPS) is 11.2. The van der Waals surface area contributed by atoms with E-state index in [-0.39, 0.29) is 0 Å². The van der Waals surface area contributed by atoms with Crippen LogP contribution in [0.4, 0.5) is 0 Å². The van der Waals surface area contributed by atoms with E-state index in [1.54, 1.807) is 18.3 Å². The summed E-state index contributed by atoms with van der Waals surface area (Å²) in [5.74, 6) is 0. The Morgan fingerprint density at radius 1 is 0.649 bits per heavy atom. The minimum atomic E-state index is 0.397. The first-order valence-corrected chi connectivity index (χ1v) is 12.1. The fourth-order valence-electron chi connectivity index (χ4n) is 3.60. The molecule has 0 aliphatic rings. The summed E-state index contributed by atoms with van der Waals surface area (Å²) >= 11 is 0. The van der Waals surface area contributed by atoms with Gasteiger partial charge in [-0.05, 0) is 46.5 Å². The quantitative estimate of drug-likeness (QED) is 0.212. The number of carbonyl (C=O) groups is 1. The zero-order valence-corrected chi connectivity index (χ0v) is 20.6. The zero-order chi connectivity index (χ0) is 25.7. The number of aliphatic imine (C=N–C) groups is 1. The number of ether oxygens (including phenoxy) is 2. The summed E-state index contributed by atoms with van der Waals surface area (Å²) in [6, 6.07) is 27.4. The van der Waals surface area contributed by atoms with Crippen LogP contribution in [0.1, 0.15) is 49.8 Å². The van der Waals surface area contributed by atoms with Gasteiger partial charge in [0.05, 0.1) is 50.1 Å². The van der Waals surface area contributed by atoms with Crippen molar-refractivity contribution in [3.63, 3.8) is 0 Å². The van der Waals surface area contributed by atoms with Gasteiger partial charge in [0.15, 0.2) is 6.29 Å². The molecule has 0 atom stereocenters.